The molecule has 5 nitrogen and oxygen atoms in total. The third-order valence-electron chi connectivity index (χ3n) is 6.77. The molecule has 0 bridgehead atoms. The van der Waals surface area contributed by atoms with Gasteiger partial charge >= 0.3 is 0 Å². The molecule has 2 aliphatic heterocycles. The van der Waals surface area contributed by atoms with Gasteiger partial charge in [0.25, 0.3) is 0 Å². The number of likely N-dealkylation sites (tertiary alicyclic amines) is 1. The smallest absolute Gasteiger partial charge is 0.246 e. The molecule has 8 heteroatoms. The van der Waals surface area contributed by atoms with E-state index in [2.05, 4.69) is 32.0 Å². The van der Waals surface area contributed by atoms with Gasteiger partial charge in [0.2, 0.25) is 15.9 Å². The molecule has 4 rings (SSSR count). The Bertz CT molecular complexity index is 1130. The van der Waals surface area contributed by atoms with Crippen LogP contribution in [0.25, 0.3) is 0 Å². The number of sulfonamides is 1. The van der Waals surface area contributed by atoms with E-state index in [-0.39, 0.29) is 31.0 Å². The molecule has 0 saturated carbocycles. The molecular formula is C24H28F2N2O3S. The molecule has 0 aromatic heterocycles. The minimum atomic E-state index is -4.15. The van der Waals surface area contributed by atoms with E-state index in [1.165, 1.54) is 11.1 Å². The number of halogens is 2. The van der Waals surface area contributed by atoms with Gasteiger partial charge in [-0.25, -0.2) is 17.2 Å². The van der Waals surface area contributed by atoms with Crippen molar-refractivity contribution < 1.29 is 22.0 Å². The minimum absolute atomic E-state index is 0.0463. The SMILES string of the molecule is Cc1ccc(C2CCCN2C(=O)C2CCN(S(=O)(=O)c3cc(F)ccc3F)CC2)cc1C. The molecule has 1 unspecified atom stereocenters. The van der Waals surface area contributed by atoms with Crippen molar-refractivity contribution in [3.63, 3.8) is 0 Å². The zero-order valence-electron chi connectivity index (χ0n) is 18.4. The van der Waals surface area contributed by atoms with Gasteiger partial charge in [0.1, 0.15) is 16.5 Å². The molecule has 0 radical (unpaired) electrons. The van der Waals surface area contributed by atoms with E-state index < -0.39 is 26.6 Å². The van der Waals surface area contributed by atoms with Crippen LogP contribution in [0.5, 0.6) is 0 Å². The van der Waals surface area contributed by atoms with Crippen molar-refractivity contribution in [1.29, 1.82) is 0 Å². The number of hydrogen-bond donors (Lipinski definition) is 0. The fraction of sp³-hybridized carbons (Fsp3) is 0.458. The summed E-state index contributed by atoms with van der Waals surface area (Å²) in [5.41, 5.74) is 3.55. The van der Waals surface area contributed by atoms with E-state index in [0.717, 1.165) is 34.8 Å². The molecule has 2 fully saturated rings. The van der Waals surface area contributed by atoms with Gasteiger partial charge < -0.3 is 4.90 Å². The van der Waals surface area contributed by atoms with E-state index in [1.807, 2.05) is 4.90 Å². The fourth-order valence-electron chi connectivity index (χ4n) is 4.74. The predicted octanol–water partition coefficient (Wildman–Crippen LogP) is 4.35. The summed E-state index contributed by atoms with van der Waals surface area (Å²) in [4.78, 5) is 14.6. The lowest BCUT2D eigenvalue weighted by molar-refractivity contribution is -0.137. The summed E-state index contributed by atoms with van der Waals surface area (Å²) in [6.07, 6.45) is 2.59. The number of hydrogen-bond acceptors (Lipinski definition) is 3. The van der Waals surface area contributed by atoms with Crippen LogP contribution in [0, 0.1) is 31.4 Å². The topological polar surface area (TPSA) is 57.7 Å². The van der Waals surface area contributed by atoms with Gasteiger partial charge in [-0.3, -0.25) is 4.79 Å². The molecule has 172 valence electrons. The first-order valence-electron chi connectivity index (χ1n) is 11.0. The normalized spacial score (nSPS) is 20.6. The van der Waals surface area contributed by atoms with E-state index >= 15 is 0 Å². The second-order valence-corrected chi connectivity index (χ2v) is 10.7. The van der Waals surface area contributed by atoms with Crippen LogP contribution >= 0.6 is 0 Å². The van der Waals surface area contributed by atoms with Crippen LogP contribution in [0.1, 0.15) is 48.4 Å². The molecule has 2 aromatic carbocycles. The lowest BCUT2D eigenvalue weighted by atomic mass is 9.94. The first-order valence-corrected chi connectivity index (χ1v) is 12.5. The van der Waals surface area contributed by atoms with Gasteiger partial charge in [0, 0.05) is 25.6 Å². The summed E-state index contributed by atoms with van der Waals surface area (Å²) in [7, 11) is -4.15. The highest BCUT2D eigenvalue weighted by Gasteiger charge is 2.38. The number of nitrogens with zero attached hydrogens (tertiary/aromatic N) is 2. The van der Waals surface area contributed by atoms with Crippen molar-refractivity contribution in [3.8, 4) is 0 Å². The van der Waals surface area contributed by atoms with Crippen molar-refractivity contribution >= 4 is 15.9 Å². The van der Waals surface area contributed by atoms with Crippen LogP contribution in [-0.2, 0) is 14.8 Å². The van der Waals surface area contributed by atoms with Crippen LogP contribution in [0.2, 0.25) is 0 Å². The third-order valence-corrected chi connectivity index (χ3v) is 8.68. The Morgan fingerprint density at radius 1 is 0.938 bits per heavy atom. The van der Waals surface area contributed by atoms with Crippen molar-refractivity contribution in [3.05, 3.63) is 64.7 Å². The summed E-state index contributed by atoms with van der Waals surface area (Å²) < 4.78 is 54.3. The van der Waals surface area contributed by atoms with Gasteiger partial charge in [-0.2, -0.15) is 4.31 Å². The highest BCUT2D eigenvalue weighted by atomic mass is 32.2. The van der Waals surface area contributed by atoms with E-state index in [0.29, 0.717) is 25.5 Å². The minimum Gasteiger partial charge on any atom is -0.335 e. The first kappa shape index (κ1) is 22.9. The van der Waals surface area contributed by atoms with E-state index in [9.17, 15) is 22.0 Å². The average Bonchev–Trinajstić information content (AvgIpc) is 3.26. The zero-order chi connectivity index (χ0) is 23.0. The number of aryl methyl sites for hydroxylation is 2. The quantitative estimate of drug-likeness (QED) is 0.679. The van der Waals surface area contributed by atoms with E-state index in [4.69, 9.17) is 0 Å². The molecule has 0 spiro atoms. The number of piperidine rings is 1. The summed E-state index contributed by atoms with van der Waals surface area (Å²) in [5.74, 6) is -2.00. The second-order valence-electron chi connectivity index (χ2n) is 8.79. The number of rotatable bonds is 4. The molecule has 2 aromatic rings. The summed E-state index contributed by atoms with van der Waals surface area (Å²) in [6.45, 7) is 5.04. The Morgan fingerprint density at radius 2 is 1.66 bits per heavy atom. The summed E-state index contributed by atoms with van der Waals surface area (Å²) in [5, 5.41) is 0. The van der Waals surface area contributed by atoms with Crippen molar-refractivity contribution in [2.75, 3.05) is 19.6 Å². The van der Waals surface area contributed by atoms with Gasteiger partial charge in [-0.1, -0.05) is 18.2 Å². The monoisotopic (exact) mass is 462 g/mol. The van der Waals surface area contributed by atoms with Crippen LogP contribution in [0.3, 0.4) is 0 Å². The lowest BCUT2D eigenvalue weighted by Crippen LogP contribution is -2.44. The van der Waals surface area contributed by atoms with Gasteiger partial charge in [0.15, 0.2) is 0 Å². The highest BCUT2D eigenvalue weighted by Crippen LogP contribution is 2.36. The molecule has 2 aliphatic rings. The molecule has 2 saturated heterocycles. The largest absolute Gasteiger partial charge is 0.335 e. The number of benzene rings is 2. The Balaban J connectivity index is 1.45. The summed E-state index contributed by atoms with van der Waals surface area (Å²) >= 11 is 0. The maximum Gasteiger partial charge on any atom is 0.246 e. The Hall–Kier alpha value is -2.32. The zero-order valence-corrected chi connectivity index (χ0v) is 19.2. The Labute approximate surface area is 188 Å². The van der Waals surface area contributed by atoms with Crippen molar-refractivity contribution in [2.45, 2.75) is 50.5 Å². The fourth-order valence-corrected chi connectivity index (χ4v) is 6.29. The molecule has 1 atom stereocenters. The second kappa shape index (κ2) is 8.90. The molecule has 1 amide bonds. The predicted molar refractivity (Wildman–Crippen MR) is 117 cm³/mol. The first-order chi connectivity index (χ1) is 15.2. The van der Waals surface area contributed by atoms with Crippen LogP contribution < -0.4 is 0 Å². The van der Waals surface area contributed by atoms with Crippen molar-refractivity contribution in [1.82, 2.24) is 9.21 Å². The van der Waals surface area contributed by atoms with Crippen LogP contribution in [-0.4, -0.2) is 43.2 Å². The maximum absolute atomic E-state index is 14.1. The van der Waals surface area contributed by atoms with Gasteiger partial charge in [-0.05, 0) is 74.4 Å². The molecule has 0 aliphatic carbocycles. The van der Waals surface area contributed by atoms with Crippen LogP contribution in [0.15, 0.2) is 41.3 Å². The lowest BCUT2D eigenvalue weighted by Gasteiger charge is -2.34. The van der Waals surface area contributed by atoms with Crippen LogP contribution in [0.4, 0.5) is 8.78 Å². The standard InChI is InChI=1S/C24H28F2N2O3S/c1-16-5-6-19(14-17(16)2)22-4-3-11-28(22)24(29)18-9-12-27(13-10-18)32(30,31)23-15-20(25)7-8-21(23)26/h5-8,14-15,18,22H,3-4,9-13H2,1-2H3. The number of carbonyl (C=O) groups is 1. The number of carbonyl (C=O) groups excluding carboxylic acids is 1. The summed E-state index contributed by atoms with van der Waals surface area (Å²) in [6, 6.07) is 8.78. The molecule has 2 heterocycles. The average molecular weight is 463 g/mol. The van der Waals surface area contributed by atoms with E-state index in [1.54, 1.807) is 0 Å². The highest BCUT2D eigenvalue weighted by molar-refractivity contribution is 7.89. The Morgan fingerprint density at radius 3 is 2.34 bits per heavy atom. The molecule has 32 heavy (non-hydrogen) atoms. The molecule has 0 N–H and O–H groups in total. The maximum atomic E-state index is 14.1. The Kier molecular flexibility index (Phi) is 6.36. The van der Waals surface area contributed by atoms with Gasteiger partial charge in [-0.15, -0.1) is 0 Å². The van der Waals surface area contributed by atoms with Crippen molar-refractivity contribution in [2.24, 2.45) is 5.92 Å². The third kappa shape index (κ3) is 4.30. The van der Waals surface area contributed by atoms with Gasteiger partial charge in [0.05, 0.1) is 6.04 Å². The molecular weight excluding hydrogens is 434 g/mol. The number of amides is 1.